The Hall–Kier alpha value is -1.40. The van der Waals surface area contributed by atoms with Crippen LogP contribution in [0.3, 0.4) is 0 Å². The van der Waals surface area contributed by atoms with E-state index in [1.807, 2.05) is 5.43 Å². The van der Waals surface area contributed by atoms with Crippen LogP contribution in [0.4, 0.5) is 0 Å². The molecule has 0 aromatic heterocycles. The minimum atomic E-state index is -3.64. The van der Waals surface area contributed by atoms with E-state index in [1.165, 1.54) is 19.1 Å². The van der Waals surface area contributed by atoms with Crippen molar-refractivity contribution in [2.24, 2.45) is 5.84 Å². The summed E-state index contributed by atoms with van der Waals surface area (Å²) in [5, 5.41) is -1.19. The van der Waals surface area contributed by atoms with Gasteiger partial charge in [-0.15, -0.1) is 0 Å². The standard InChI is InChI=1S/C9H12N2O3S/c1-7(9(12)11-10)15(13,14)8-5-3-2-4-6-8/h2-7H,10H2,1H3,(H,11,12)/t7-/m1/s1. The second kappa shape index (κ2) is 4.41. The fourth-order valence-corrected chi connectivity index (χ4v) is 2.37. The number of nitrogens with one attached hydrogen (secondary N) is 1. The van der Waals surface area contributed by atoms with Crippen LogP contribution in [0.2, 0.25) is 0 Å². The maximum absolute atomic E-state index is 11.8. The van der Waals surface area contributed by atoms with Gasteiger partial charge < -0.3 is 0 Å². The molecule has 0 saturated carbocycles. The third-order valence-electron chi connectivity index (χ3n) is 2.05. The number of hydrogen-bond acceptors (Lipinski definition) is 4. The normalized spacial score (nSPS) is 13.2. The number of carbonyl (C=O) groups is 1. The lowest BCUT2D eigenvalue weighted by Crippen LogP contribution is -2.41. The van der Waals surface area contributed by atoms with Crippen LogP contribution in [-0.2, 0) is 14.6 Å². The quantitative estimate of drug-likeness (QED) is 0.427. The molecule has 1 aromatic carbocycles. The van der Waals surface area contributed by atoms with E-state index >= 15 is 0 Å². The minimum Gasteiger partial charge on any atom is -0.293 e. The van der Waals surface area contributed by atoms with Crippen LogP contribution in [0.15, 0.2) is 35.2 Å². The minimum absolute atomic E-state index is 0.112. The number of benzene rings is 1. The van der Waals surface area contributed by atoms with E-state index in [4.69, 9.17) is 5.84 Å². The van der Waals surface area contributed by atoms with E-state index in [-0.39, 0.29) is 4.90 Å². The Morgan fingerprint density at radius 2 is 1.87 bits per heavy atom. The maximum Gasteiger partial charge on any atom is 0.252 e. The third-order valence-corrected chi connectivity index (χ3v) is 4.12. The van der Waals surface area contributed by atoms with Crippen molar-refractivity contribution in [3.05, 3.63) is 30.3 Å². The number of carbonyl (C=O) groups excluding carboxylic acids is 1. The molecule has 3 N–H and O–H groups in total. The molecule has 15 heavy (non-hydrogen) atoms. The maximum atomic E-state index is 11.8. The zero-order chi connectivity index (χ0) is 11.5. The molecule has 1 aromatic rings. The lowest BCUT2D eigenvalue weighted by Gasteiger charge is -2.10. The monoisotopic (exact) mass is 228 g/mol. The molecule has 5 nitrogen and oxygen atoms in total. The van der Waals surface area contributed by atoms with Crippen molar-refractivity contribution < 1.29 is 13.2 Å². The number of amides is 1. The first kappa shape index (κ1) is 11.7. The van der Waals surface area contributed by atoms with Gasteiger partial charge in [0, 0.05) is 0 Å². The number of sulfone groups is 1. The van der Waals surface area contributed by atoms with Crippen LogP contribution in [0.5, 0.6) is 0 Å². The van der Waals surface area contributed by atoms with Gasteiger partial charge in [0.1, 0.15) is 5.25 Å². The lowest BCUT2D eigenvalue weighted by molar-refractivity contribution is -0.120. The average molecular weight is 228 g/mol. The van der Waals surface area contributed by atoms with Crippen molar-refractivity contribution in [1.29, 1.82) is 0 Å². The SMILES string of the molecule is C[C@H](C(=O)NN)S(=O)(=O)c1ccccc1. The second-order valence-electron chi connectivity index (χ2n) is 3.01. The van der Waals surface area contributed by atoms with Crippen molar-refractivity contribution in [3.8, 4) is 0 Å². The zero-order valence-electron chi connectivity index (χ0n) is 8.17. The fraction of sp³-hybridized carbons (Fsp3) is 0.222. The largest absolute Gasteiger partial charge is 0.293 e. The summed E-state index contributed by atoms with van der Waals surface area (Å²) in [6.07, 6.45) is 0. The summed E-state index contributed by atoms with van der Waals surface area (Å²) in [4.78, 5) is 11.2. The number of hydrazine groups is 1. The summed E-state index contributed by atoms with van der Waals surface area (Å²) in [5.74, 6) is 4.16. The zero-order valence-corrected chi connectivity index (χ0v) is 8.99. The van der Waals surface area contributed by atoms with Gasteiger partial charge in [-0.05, 0) is 19.1 Å². The summed E-state index contributed by atoms with van der Waals surface area (Å²) >= 11 is 0. The highest BCUT2D eigenvalue weighted by molar-refractivity contribution is 7.92. The van der Waals surface area contributed by atoms with Crippen molar-refractivity contribution >= 4 is 15.7 Å². The smallest absolute Gasteiger partial charge is 0.252 e. The molecule has 0 aliphatic carbocycles. The molecule has 0 heterocycles. The first-order valence-corrected chi connectivity index (χ1v) is 5.84. The summed E-state index contributed by atoms with van der Waals surface area (Å²) in [5.41, 5.74) is 1.82. The first-order chi connectivity index (χ1) is 7.00. The molecule has 0 aliphatic heterocycles. The van der Waals surface area contributed by atoms with E-state index in [0.29, 0.717) is 0 Å². The Labute approximate surface area is 88.2 Å². The van der Waals surface area contributed by atoms with E-state index in [0.717, 1.165) is 0 Å². The van der Waals surface area contributed by atoms with Crippen molar-refractivity contribution in [1.82, 2.24) is 5.43 Å². The van der Waals surface area contributed by atoms with E-state index in [2.05, 4.69) is 0 Å². The fourth-order valence-electron chi connectivity index (χ4n) is 1.07. The average Bonchev–Trinajstić information content (AvgIpc) is 2.28. The molecule has 0 radical (unpaired) electrons. The predicted octanol–water partition coefficient (Wildman–Crippen LogP) is -0.161. The summed E-state index contributed by atoms with van der Waals surface area (Å²) in [6.45, 7) is 1.30. The molecule has 0 spiro atoms. The second-order valence-corrected chi connectivity index (χ2v) is 5.28. The molecular weight excluding hydrogens is 216 g/mol. The predicted molar refractivity (Wildman–Crippen MR) is 55.4 cm³/mol. The molecule has 0 unspecified atom stereocenters. The van der Waals surface area contributed by atoms with Gasteiger partial charge in [-0.3, -0.25) is 10.2 Å². The van der Waals surface area contributed by atoms with E-state index < -0.39 is 21.0 Å². The topological polar surface area (TPSA) is 89.3 Å². The van der Waals surface area contributed by atoms with Crippen LogP contribution in [0.1, 0.15) is 6.92 Å². The van der Waals surface area contributed by atoms with Gasteiger partial charge in [-0.2, -0.15) is 0 Å². The molecule has 0 aliphatic rings. The molecule has 0 bridgehead atoms. The van der Waals surface area contributed by atoms with Crippen LogP contribution < -0.4 is 11.3 Å². The Kier molecular flexibility index (Phi) is 3.43. The molecule has 6 heteroatoms. The highest BCUT2D eigenvalue weighted by Gasteiger charge is 2.28. The van der Waals surface area contributed by atoms with Crippen molar-refractivity contribution in [2.45, 2.75) is 17.1 Å². The van der Waals surface area contributed by atoms with Gasteiger partial charge in [0.05, 0.1) is 4.90 Å². The molecule has 0 saturated heterocycles. The molecule has 1 amide bonds. The molecule has 1 atom stereocenters. The molecular formula is C9H12N2O3S. The van der Waals surface area contributed by atoms with Crippen LogP contribution in [-0.4, -0.2) is 19.6 Å². The summed E-state index contributed by atoms with van der Waals surface area (Å²) in [7, 11) is -3.64. The van der Waals surface area contributed by atoms with Crippen LogP contribution >= 0.6 is 0 Å². The number of hydrogen-bond donors (Lipinski definition) is 2. The van der Waals surface area contributed by atoms with Gasteiger partial charge in [-0.25, -0.2) is 14.3 Å². The lowest BCUT2D eigenvalue weighted by atomic mass is 10.4. The van der Waals surface area contributed by atoms with Crippen molar-refractivity contribution in [3.63, 3.8) is 0 Å². The number of rotatable bonds is 3. The Bertz CT molecular complexity index is 442. The van der Waals surface area contributed by atoms with Gasteiger partial charge >= 0.3 is 0 Å². The van der Waals surface area contributed by atoms with Gasteiger partial charge in [0.25, 0.3) is 5.91 Å². The van der Waals surface area contributed by atoms with Gasteiger partial charge in [0.2, 0.25) is 0 Å². The first-order valence-electron chi connectivity index (χ1n) is 4.29. The highest BCUT2D eigenvalue weighted by atomic mass is 32.2. The third kappa shape index (κ3) is 2.34. The van der Waals surface area contributed by atoms with Gasteiger partial charge in [0.15, 0.2) is 9.84 Å². The van der Waals surface area contributed by atoms with E-state index in [1.54, 1.807) is 18.2 Å². The van der Waals surface area contributed by atoms with Crippen LogP contribution in [0, 0.1) is 0 Å². The summed E-state index contributed by atoms with van der Waals surface area (Å²) < 4.78 is 23.6. The molecule has 1 rings (SSSR count). The Morgan fingerprint density at radius 1 is 1.33 bits per heavy atom. The molecule has 0 fully saturated rings. The summed E-state index contributed by atoms with van der Waals surface area (Å²) in [6, 6.07) is 7.78. The molecule has 82 valence electrons. The van der Waals surface area contributed by atoms with E-state index in [9.17, 15) is 13.2 Å². The van der Waals surface area contributed by atoms with Gasteiger partial charge in [-0.1, -0.05) is 18.2 Å². The Balaban J connectivity index is 3.09. The van der Waals surface area contributed by atoms with Crippen molar-refractivity contribution in [2.75, 3.05) is 0 Å². The van der Waals surface area contributed by atoms with Crippen LogP contribution in [0.25, 0.3) is 0 Å². The Morgan fingerprint density at radius 3 is 2.33 bits per heavy atom. The highest BCUT2D eigenvalue weighted by Crippen LogP contribution is 2.15. The number of nitrogens with two attached hydrogens (primary N) is 1.